The minimum absolute atomic E-state index is 0.124. The van der Waals surface area contributed by atoms with Gasteiger partial charge in [-0.2, -0.15) is 5.26 Å². The monoisotopic (exact) mass is 480 g/mol. The maximum absolute atomic E-state index is 13.7. The number of benzene rings is 2. The van der Waals surface area contributed by atoms with Crippen LogP contribution >= 0.6 is 11.3 Å². The van der Waals surface area contributed by atoms with Gasteiger partial charge in [-0.15, -0.1) is 11.3 Å². The van der Waals surface area contributed by atoms with Crippen LogP contribution in [0, 0.1) is 18.3 Å². The predicted molar refractivity (Wildman–Crippen MR) is 139 cm³/mol. The Morgan fingerprint density at radius 3 is 2.51 bits per heavy atom. The van der Waals surface area contributed by atoms with E-state index in [2.05, 4.69) is 6.07 Å². The van der Waals surface area contributed by atoms with Crippen molar-refractivity contribution in [2.24, 2.45) is 0 Å². The molecule has 5 nitrogen and oxygen atoms in total. The molecule has 0 radical (unpaired) electrons. The fraction of sp³-hybridized carbons (Fsp3) is 0.172. The third-order valence-electron chi connectivity index (χ3n) is 6.35. The zero-order valence-corrected chi connectivity index (χ0v) is 20.6. The van der Waals surface area contributed by atoms with Gasteiger partial charge in [0.1, 0.15) is 6.07 Å². The van der Waals surface area contributed by atoms with Gasteiger partial charge in [-0.25, -0.2) is 0 Å². The zero-order chi connectivity index (χ0) is 24.5. The Balaban J connectivity index is 1.72. The van der Waals surface area contributed by atoms with Gasteiger partial charge in [0.15, 0.2) is 11.5 Å². The van der Waals surface area contributed by atoms with E-state index in [-0.39, 0.29) is 5.78 Å². The van der Waals surface area contributed by atoms with Gasteiger partial charge in [0.05, 0.1) is 31.2 Å². The molecule has 4 aromatic rings. The van der Waals surface area contributed by atoms with Crippen LogP contribution in [0.2, 0.25) is 0 Å². The van der Waals surface area contributed by atoms with Crippen molar-refractivity contribution in [2.45, 2.75) is 19.9 Å². The van der Waals surface area contributed by atoms with Crippen molar-refractivity contribution in [3.63, 3.8) is 0 Å². The molecule has 6 heteroatoms. The summed E-state index contributed by atoms with van der Waals surface area (Å²) in [6.07, 6.45) is 4.15. The number of rotatable bonds is 6. The van der Waals surface area contributed by atoms with Gasteiger partial charge in [0, 0.05) is 22.5 Å². The summed E-state index contributed by atoms with van der Waals surface area (Å²) >= 11 is 1.53. The van der Waals surface area contributed by atoms with Crippen molar-refractivity contribution in [2.75, 3.05) is 14.2 Å². The maximum Gasteiger partial charge on any atom is 0.202 e. The molecule has 3 heterocycles. The van der Waals surface area contributed by atoms with E-state index in [1.54, 1.807) is 20.3 Å². The minimum Gasteiger partial charge on any atom is -0.493 e. The summed E-state index contributed by atoms with van der Waals surface area (Å²) in [6, 6.07) is 18.2. The highest BCUT2D eigenvalue weighted by atomic mass is 32.1. The van der Waals surface area contributed by atoms with E-state index in [4.69, 9.17) is 9.47 Å². The van der Waals surface area contributed by atoms with Crippen LogP contribution in [0.15, 0.2) is 60.0 Å². The highest BCUT2D eigenvalue weighted by Crippen LogP contribution is 2.46. The third kappa shape index (κ3) is 3.94. The summed E-state index contributed by atoms with van der Waals surface area (Å²) in [4.78, 5) is 14.6. The first-order valence-electron chi connectivity index (χ1n) is 11.3. The van der Waals surface area contributed by atoms with Crippen LogP contribution in [0.5, 0.6) is 11.5 Å². The molecule has 0 unspecified atom stereocenters. The molecule has 35 heavy (non-hydrogen) atoms. The Kier molecular flexibility index (Phi) is 6.02. The minimum atomic E-state index is -0.124. The van der Waals surface area contributed by atoms with Crippen molar-refractivity contribution < 1.29 is 14.3 Å². The van der Waals surface area contributed by atoms with Crippen LogP contribution in [-0.4, -0.2) is 24.6 Å². The quantitative estimate of drug-likeness (QED) is 0.232. The topological polar surface area (TPSA) is 64.2 Å². The molecule has 0 fully saturated rings. The lowest BCUT2D eigenvalue weighted by Gasteiger charge is -2.23. The average molecular weight is 481 g/mol. The zero-order valence-electron chi connectivity index (χ0n) is 19.8. The SMILES string of the molecule is COc1cc2c(cc1OC)-c1c(C#N)c(-c3cccs3)c(C(=O)C=Cc3ccc(C)cc3)n1CC2. The Hall–Kier alpha value is -4.08. The number of allylic oxidation sites excluding steroid dienone is 1. The summed E-state index contributed by atoms with van der Waals surface area (Å²) in [6.45, 7) is 2.63. The van der Waals surface area contributed by atoms with Crippen LogP contribution in [-0.2, 0) is 13.0 Å². The summed E-state index contributed by atoms with van der Waals surface area (Å²) in [5, 5.41) is 12.3. The number of aryl methyl sites for hydroxylation is 2. The summed E-state index contributed by atoms with van der Waals surface area (Å²) in [5.41, 5.74) is 6.58. The van der Waals surface area contributed by atoms with Crippen molar-refractivity contribution in [3.8, 4) is 39.3 Å². The number of hydrogen-bond acceptors (Lipinski definition) is 5. The van der Waals surface area contributed by atoms with Crippen LogP contribution in [0.25, 0.3) is 27.8 Å². The normalized spacial score (nSPS) is 12.2. The molecule has 1 aliphatic heterocycles. The van der Waals surface area contributed by atoms with Crippen molar-refractivity contribution >= 4 is 23.2 Å². The van der Waals surface area contributed by atoms with Gasteiger partial charge in [-0.1, -0.05) is 42.0 Å². The number of hydrogen-bond donors (Lipinski definition) is 0. The first kappa shape index (κ1) is 22.7. The fourth-order valence-corrected chi connectivity index (χ4v) is 5.43. The highest BCUT2D eigenvalue weighted by Gasteiger charge is 2.32. The van der Waals surface area contributed by atoms with Gasteiger partial charge < -0.3 is 14.0 Å². The van der Waals surface area contributed by atoms with Crippen LogP contribution in [0.1, 0.15) is 32.7 Å². The number of carbonyl (C=O) groups is 1. The van der Waals surface area contributed by atoms with Gasteiger partial charge in [0.25, 0.3) is 0 Å². The lowest BCUT2D eigenvalue weighted by atomic mass is 9.95. The largest absolute Gasteiger partial charge is 0.493 e. The van der Waals surface area contributed by atoms with Gasteiger partial charge in [-0.3, -0.25) is 4.79 Å². The van der Waals surface area contributed by atoms with Crippen LogP contribution in [0.3, 0.4) is 0 Å². The Morgan fingerprint density at radius 1 is 1.11 bits per heavy atom. The molecule has 2 aromatic heterocycles. The summed E-state index contributed by atoms with van der Waals surface area (Å²) in [7, 11) is 3.21. The number of nitriles is 1. The lowest BCUT2D eigenvalue weighted by Crippen LogP contribution is -2.16. The molecule has 0 spiro atoms. The lowest BCUT2D eigenvalue weighted by molar-refractivity contribution is 0.104. The molecular formula is C29H24N2O3S. The maximum atomic E-state index is 13.7. The molecule has 0 aliphatic carbocycles. The molecule has 0 N–H and O–H groups in total. The molecule has 0 bridgehead atoms. The Morgan fingerprint density at radius 2 is 1.86 bits per heavy atom. The first-order chi connectivity index (χ1) is 17.0. The summed E-state index contributed by atoms with van der Waals surface area (Å²) < 4.78 is 13.0. The second-order valence-electron chi connectivity index (χ2n) is 8.41. The van der Waals surface area contributed by atoms with E-state index in [0.29, 0.717) is 41.3 Å². The number of carbonyl (C=O) groups excluding carboxylic acids is 1. The first-order valence-corrected chi connectivity index (χ1v) is 12.2. The van der Waals surface area contributed by atoms with E-state index in [0.717, 1.165) is 27.3 Å². The molecule has 0 saturated heterocycles. The molecule has 1 aliphatic rings. The third-order valence-corrected chi connectivity index (χ3v) is 7.24. The molecule has 2 aromatic carbocycles. The Labute approximate surface area is 208 Å². The standard InChI is InChI=1S/C29H24N2O3S/c1-18-6-8-19(9-7-18)10-11-23(32)29-27(26-5-4-14-35-26)22(17-30)28-21-16-25(34-3)24(33-2)15-20(21)12-13-31(28)29/h4-11,14-16H,12-13H2,1-3H3. The molecule has 0 saturated carbocycles. The second kappa shape index (κ2) is 9.28. The molecule has 5 rings (SSSR count). The number of methoxy groups -OCH3 is 2. The highest BCUT2D eigenvalue weighted by molar-refractivity contribution is 7.13. The van der Waals surface area contributed by atoms with Crippen LogP contribution < -0.4 is 9.47 Å². The number of thiophene rings is 1. The number of fused-ring (bicyclic) bond motifs is 3. The van der Waals surface area contributed by atoms with E-state index in [9.17, 15) is 10.1 Å². The van der Waals surface area contributed by atoms with E-state index in [1.165, 1.54) is 16.9 Å². The van der Waals surface area contributed by atoms with Crippen molar-refractivity contribution in [3.05, 3.63) is 87.9 Å². The van der Waals surface area contributed by atoms with Gasteiger partial charge >= 0.3 is 0 Å². The van der Waals surface area contributed by atoms with Crippen LogP contribution in [0.4, 0.5) is 0 Å². The number of nitrogens with zero attached hydrogens (tertiary/aromatic N) is 2. The number of ketones is 1. The predicted octanol–water partition coefficient (Wildman–Crippen LogP) is 6.53. The van der Waals surface area contributed by atoms with Crippen molar-refractivity contribution in [1.29, 1.82) is 5.26 Å². The Bertz CT molecular complexity index is 1490. The molecule has 0 atom stereocenters. The number of ether oxygens (including phenoxy) is 2. The summed E-state index contributed by atoms with van der Waals surface area (Å²) in [5.74, 6) is 1.12. The van der Waals surface area contributed by atoms with E-state index >= 15 is 0 Å². The van der Waals surface area contributed by atoms with Gasteiger partial charge in [0.2, 0.25) is 5.78 Å². The molecule has 174 valence electrons. The smallest absolute Gasteiger partial charge is 0.202 e. The van der Waals surface area contributed by atoms with E-state index < -0.39 is 0 Å². The average Bonchev–Trinajstić information content (AvgIpc) is 3.53. The van der Waals surface area contributed by atoms with E-state index in [1.807, 2.05) is 71.5 Å². The molecule has 0 amide bonds. The van der Waals surface area contributed by atoms with Crippen molar-refractivity contribution in [1.82, 2.24) is 4.57 Å². The second-order valence-corrected chi connectivity index (χ2v) is 9.36. The fourth-order valence-electron chi connectivity index (χ4n) is 4.66. The molecular weight excluding hydrogens is 456 g/mol. The number of aromatic nitrogens is 1. The van der Waals surface area contributed by atoms with Gasteiger partial charge in [-0.05, 0) is 54.1 Å².